The third kappa shape index (κ3) is 8.70. The van der Waals surface area contributed by atoms with Gasteiger partial charge in [-0.1, -0.05) is 97.7 Å². The minimum Gasteiger partial charge on any atom is -0.354 e. The van der Waals surface area contributed by atoms with E-state index >= 15 is 0 Å². The highest BCUT2D eigenvalue weighted by Crippen LogP contribution is 2.28. The smallest absolute Gasteiger partial charge is 0.271 e. The number of nitro groups is 1. The third-order valence-corrected chi connectivity index (χ3v) is 9.49. The lowest BCUT2D eigenvalue weighted by Gasteiger charge is -2.34. The van der Waals surface area contributed by atoms with Crippen LogP contribution in [0.2, 0.25) is 5.02 Å². The van der Waals surface area contributed by atoms with Gasteiger partial charge in [0.2, 0.25) is 11.8 Å². The first kappa shape index (κ1) is 34.1. The molecule has 0 aromatic heterocycles. The normalized spacial score (nSPS) is 11.8. The summed E-state index contributed by atoms with van der Waals surface area (Å²) < 4.78 is 28.9. The van der Waals surface area contributed by atoms with Gasteiger partial charge in [0, 0.05) is 36.7 Å². The summed E-state index contributed by atoms with van der Waals surface area (Å²) in [5.74, 6) is -1.09. The third-order valence-electron chi connectivity index (χ3n) is 7.34. The van der Waals surface area contributed by atoms with E-state index in [9.17, 15) is 28.1 Å². The summed E-state index contributed by atoms with van der Waals surface area (Å²) >= 11 is 6.51. The van der Waals surface area contributed by atoms with Crippen molar-refractivity contribution in [1.82, 2.24) is 10.2 Å². The van der Waals surface area contributed by atoms with Crippen LogP contribution in [0.4, 0.5) is 11.4 Å². The van der Waals surface area contributed by atoms with Crippen LogP contribution in [0.1, 0.15) is 30.9 Å². The molecule has 240 valence electrons. The highest BCUT2D eigenvalue weighted by Gasteiger charge is 2.35. The number of carbonyl (C=O) groups is 2. The van der Waals surface area contributed by atoms with Gasteiger partial charge in [-0.25, -0.2) is 8.42 Å². The number of nitrogens with zero attached hydrogens (tertiary/aromatic N) is 3. The van der Waals surface area contributed by atoms with Crippen LogP contribution < -0.4 is 9.62 Å². The van der Waals surface area contributed by atoms with Crippen LogP contribution in [-0.2, 0) is 32.6 Å². The second kappa shape index (κ2) is 16.0. The zero-order chi connectivity index (χ0) is 33.1. The van der Waals surface area contributed by atoms with Crippen molar-refractivity contribution in [3.63, 3.8) is 0 Å². The molecule has 12 heteroatoms. The topological polar surface area (TPSA) is 130 Å². The lowest BCUT2D eigenvalue weighted by atomic mass is 10.0. The summed E-state index contributed by atoms with van der Waals surface area (Å²) in [4.78, 5) is 40.5. The highest BCUT2D eigenvalue weighted by atomic mass is 35.5. The molecule has 0 bridgehead atoms. The number of non-ortho nitro benzene ring substituents is 1. The molecule has 1 unspecified atom stereocenters. The van der Waals surface area contributed by atoms with Gasteiger partial charge in [0.1, 0.15) is 12.6 Å². The SMILES string of the molecule is CCCCNC(=O)C(Cc1ccccc1)N(Cc1ccccc1Cl)C(=O)CN(c1cccc([N+](=O)[O-])c1)S(=O)(=O)c1ccccc1. The molecule has 46 heavy (non-hydrogen) atoms. The summed E-state index contributed by atoms with van der Waals surface area (Å²) in [6.45, 7) is 1.56. The van der Waals surface area contributed by atoms with E-state index in [-0.39, 0.29) is 29.2 Å². The predicted molar refractivity (Wildman–Crippen MR) is 178 cm³/mol. The van der Waals surface area contributed by atoms with E-state index in [1.165, 1.54) is 35.2 Å². The highest BCUT2D eigenvalue weighted by molar-refractivity contribution is 7.92. The maximum absolute atomic E-state index is 14.5. The zero-order valence-corrected chi connectivity index (χ0v) is 26.9. The quantitative estimate of drug-likeness (QED) is 0.0944. The fourth-order valence-electron chi connectivity index (χ4n) is 4.88. The average Bonchev–Trinajstić information content (AvgIpc) is 3.06. The van der Waals surface area contributed by atoms with Gasteiger partial charge in [-0.15, -0.1) is 0 Å². The van der Waals surface area contributed by atoms with Crippen molar-refractivity contribution in [1.29, 1.82) is 0 Å². The first-order valence-electron chi connectivity index (χ1n) is 14.8. The molecule has 1 N–H and O–H groups in total. The number of benzene rings is 4. The minimum atomic E-state index is -4.39. The molecule has 0 radical (unpaired) electrons. The Labute approximate surface area is 273 Å². The molecule has 0 aliphatic rings. The number of unbranched alkanes of at least 4 members (excludes halogenated alkanes) is 1. The fraction of sp³-hybridized carbons (Fsp3) is 0.235. The summed E-state index contributed by atoms with van der Waals surface area (Å²) in [7, 11) is -4.39. The maximum atomic E-state index is 14.5. The largest absolute Gasteiger partial charge is 0.354 e. The molecule has 0 aliphatic carbocycles. The number of carbonyl (C=O) groups excluding carboxylic acids is 2. The summed E-state index contributed by atoms with van der Waals surface area (Å²) in [5, 5.41) is 14.9. The summed E-state index contributed by atoms with van der Waals surface area (Å²) in [6.07, 6.45) is 1.73. The molecule has 2 amide bonds. The van der Waals surface area contributed by atoms with E-state index in [0.29, 0.717) is 17.1 Å². The molecule has 4 aromatic rings. The van der Waals surface area contributed by atoms with Crippen molar-refractivity contribution in [2.75, 3.05) is 17.4 Å². The van der Waals surface area contributed by atoms with E-state index in [2.05, 4.69) is 5.32 Å². The Bertz CT molecular complexity index is 1760. The van der Waals surface area contributed by atoms with Crippen LogP contribution in [0.15, 0.2) is 114 Å². The van der Waals surface area contributed by atoms with Gasteiger partial charge in [-0.05, 0) is 41.8 Å². The van der Waals surface area contributed by atoms with Crippen molar-refractivity contribution < 1.29 is 22.9 Å². The summed E-state index contributed by atoms with van der Waals surface area (Å²) in [6, 6.07) is 27.6. The van der Waals surface area contributed by atoms with Gasteiger partial charge in [0.25, 0.3) is 15.7 Å². The van der Waals surface area contributed by atoms with E-state index in [0.717, 1.165) is 28.8 Å². The lowest BCUT2D eigenvalue weighted by molar-refractivity contribution is -0.384. The number of sulfonamides is 1. The van der Waals surface area contributed by atoms with Crippen LogP contribution in [0.3, 0.4) is 0 Å². The van der Waals surface area contributed by atoms with E-state index in [1.807, 2.05) is 37.3 Å². The Kier molecular flexibility index (Phi) is 11.9. The molecule has 10 nitrogen and oxygen atoms in total. The van der Waals surface area contributed by atoms with Crippen LogP contribution in [0.5, 0.6) is 0 Å². The van der Waals surface area contributed by atoms with Gasteiger partial charge in [0.15, 0.2) is 0 Å². The van der Waals surface area contributed by atoms with Crippen molar-refractivity contribution in [2.45, 2.75) is 43.7 Å². The van der Waals surface area contributed by atoms with Gasteiger partial charge in [0.05, 0.1) is 15.5 Å². The van der Waals surface area contributed by atoms with Crippen LogP contribution in [0.25, 0.3) is 0 Å². The Morgan fingerprint density at radius 1 is 0.913 bits per heavy atom. The van der Waals surface area contributed by atoms with Crippen LogP contribution in [0, 0.1) is 10.1 Å². The molecule has 0 spiro atoms. The number of hydrogen-bond donors (Lipinski definition) is 1. The average molecular weight is 663 g/mol. The Hall–Kier alpha value is -4.74. The van der Waals surface area contributed by atoms with E-state index < -0.39 is 39.3 Å². The Balaban J connectivity index is 1.82. The number of anilines is 1. The van der Waals surface area contributed by atoms with Gasteiger partial charge in [-0.3, -0.25) is 24.0 Å². The van der Waals surface area contributed by atoms with Crippen molar-refractivity contribution in [3.05, 3.63) is 135 Å². The number of hydrogen-bond acceptors (Lipinski definition) is 6. The van der Waals surface area contributed by atoms with E-state index in [1.54, 1.807) is 42.5 Å². The molecule has 4 aromatic carbocycles. The van der Waals surface area contributed by atoms with Gasteiger partial charge in [-0.2, -0.15) is 0 Å². The second-order valence-electron chi connectivity index (χ2n) is 10.6. The number of rotatable bonds is 15. The molecular formula is C34H35ClN4O6S. The van der Waals surface area contributed by atoms with Crippen molar-refractivity contribution in [3.8, 4) is 0 Å². The minimum absolute atomic E-state index is 0.0731. The van der Waals surface area contributed by atoms with Crippen LogP contribution >= 0.6 is 11.6 Å². The second-order valence-corrected chi connectivity index (χ2v) is 12.8. The van der Waals surface area contributed by atoms with Crippen molar-refractivity contribution >= 4 is 44.8 Å². The molecule has 0 saturated carbocycles. The summed E-state index contributed by atoms with van der Waals surface area (Å²) in [5.41, 5.74) is 0.937. The number of nitrogens with one attached hydrogen (secondary N) is 1. The lowest BCUT2D eigenvalue weighted by Crippen LogP contribution is -2.53. The first-order chi connectivity index (χ1) is 22.1. The van der Waals surface area contributed by atoms with Crippen LogP contribution in [-0.4, -0.2) is 49.2 Å². The molecule has 1 atom stereocenters. The van der Waals surface area contributed by atoms with E-state index in [4.69, 9.17) is 11.6 Å². The molecule has 0 aliphatic heterocycles. The Morgan fingerprint density at radius 2 is 1.57 bits per heavy atom. The monoisotopic (exact) mass is 662 g/mol. The van der Waals surface area contributed by atoms with Gasteiger partial charge >= 0.3 is 0 Å². The fourth-order valence-corrected chi connectivity index (χ4v) is 6.50. The first-order valence-corrected chi connectivity index (χ1v) is 16.6. The standard InChI is InChI=1S/C34H35ClN4O6S/c1-2-3-21-36-34(41)32(22-26-13-6-4-7-14-26)37(24-27-15-10-11-20-31(27)35)33(40)25-38(28-16-12-17-29(23-28)39(42)43)46(44,45)30-18-8-5-9-19-30/h4-20,23,32H,2-3,21-22,24-25H2,1H3,(H,36,41). The molecule has 0 heterocycles. The molecular weight excluding hydrogens is 628 g/mol. The predicted octanol–water partition coefficient (Wildman–Crippen LogP) is 6.00. The number of nitro benzene ring substituents is 1. The molecule has 0 fully saturated rings. The van der Waals surface area contributed by atoms with Gasteiger partial charge < -0.3 is 10.2 Å². The maximum Gasteiger partial charge on any atom is 0.271 e. The zero-order valence-electron chi connectivity index (χ0n) is 25.3. The number of halogens is 1. The molecule has 0 saturated heterocycles. The number of amides is 2. The molecule has 4 rings (SSSR count). The Morgan fingerprint density at radius 3 is 2.22 bits per heavy atom. The van der Waals surface area contributed by atoms with Crippen molar-refractivity contribution in [2.24, 2.45) is 0 Å².